The number of carbonyl (C=O) groups is 2. The fourth-order valence-corrected chi connectivity index (χ4v) is 2.43. The monoisotopic (exact) mass is 249 g/mol. The first-order chi connectivity index (χ1) is 8.56. The zero-order chi connectivity index (χ0) is 13.3. The summed E-state index contributed by atoms with van der Waals surface area (Å²) in [6, 6.07) is 6.73. The molecule has 0 spiro atoms. The van der Waals surface area contributed by atoms with Gasteiger partial charge in [-0.25, -0.2) is 0 Å². The maximum absolute atomic E-state index is 11.7. The Labute approximate surface area is 105 Å². The zero-order valence-corrected chi connectivity index (χ0v) is 10.3. The lowest BCUT2D eigenvalue weighted by atomic mass is 9.93. The molecule has 1 heterocycles. The predicted octanol–water partition coefficient (Wildman–Crippen LogP) is 1.30. The van der Waals surface area contributed by atoms with Crippen LogP contribution in [0.5, 0.6) is 5.75 Å². The second-order valence-electron chi connectivity index (χ2n) is 4.34. The number of para-hydroxylation sites is 1. The number of likely N-dealkylation sites (tertiary alicyclic amines) is 1. The zero-order valence-electron chi connectivity index (χ0n) is 10.3. The molecule has 1 saturated heterocycles. The van der Waals surface area contributed by atoms with Gasteiger partial charge in [0.2, 0.25) is 5.91 Å². The Morgan fingerprint density at radius 1 is 1.44 bits per heavy atom. The molecule has 1 aromatic rings. The Morgan fingerprint density at radius 3 is 2.72 bits per heavy atom. The molecular weight excluding hydrogens is 234 g/mol. The summed E-state index contributed by atoms with van der Waals surface area (Å²) >= 11 is 0. The molecule has 1 fully saturated rings. The highest BCUT2D eigenvalue weighted by molar-refractivity contribution is 5.87. The van der Waals surface area contributed by atoms with Crippen molar-refractivity contribution in [3.63, 3.8) is 0 Å². The predicted molar refractivity (Wildman–Crippen MR) is 64.2 cm³/mol. The number of carboxylic acids is 1. The molecule has 1 aliphatic rings. The summed E-state index contributed by atoms with van der Waals surface area (Å²) in [5.74, 6) is -1.23. The smallest absolute Gasteiger partial charge is 0.309 e. The van der Waals surface area contributed by atoms with Gasteiger partial charge in [-0.1, -0.05) is 18.2 Å². The number of rotatable bonds is 3. The van der Waals surface area contributed by atoms with Crippen LogP contribution >= 0.6 is 0 Å². The summed E-state index contributed by atoms with van der Waals surface area (Å²) in [5.41, 5.74) is 0.737. The molecule has 1 aliphatic heterocycles. The van der Waals surface area contributed by atoms with E-state index in [-0.39, 0.29) is 12.3 Å². The minimum Gasteiger partial charge on any atom is -0.496 e. The van der Waals surface area contributed by atoms with Crippen LogP contribution in [0.1, 0.15) is 18.0 Å². The van der Waals surface area contributed by atoms with Gasteiger partial charge in [0, 0.05) is 19.0 Å². The first-order valence-corrected chi connectivity index (χ1v) is 5.67. The number of amides is 1. The van der Waals surface area contributed by atoms with Crippen molar-refractivity contribution in [1.82, 2.24) is 4.90 Å². The van der Waals surface area contributed by atoms with Gasteiger partial charge in [0.1, 0.15) is 5.75 Å². The van der Waals surface area contributed by atoms with E-state index in [4.69, 9.17) is 4.74 Å². The first-order valence-electron chi connectivity index (χ1n) is 5.67. The van der Waals surface area contributed by atoms with Gasteiger partial charge in [0.25, 0.3) is 0 Å². The number of hydrogen-bond donors (Lipinski definition) is 1. The number of methoxy groups -OCH3 is 1. The van der Waals surface area contributed by atoms with Crippen molar-refractivity contribution in [2.45, 2.75) is 12.5 Å². The second-order valence-corrected chi connectivity index (χ2v) is 4.34. The van der Waals surface area contributed by atoms with Gasteiger partial charge >= 0.3 is 5.97 Å². The number of benzene rings is 1. The molecule has 0 unspecified atom stereocenters. The lowest BCUT2D eigenvalue weighted by molar-refractivity contribution is -0.142. The SMILES string of the molecule is COc1ccccc1[C@H]1[C@H](C(=O)O)CC(=O)N1C. The summed E-state index contributed by atoms with van der Waals surface area (Å²) in [6.45, 7) is 0. The van der Waals surface area contributed by atoms with Gasteiger partial charge in [0.15, 0.2) is 0 Å². The Hall–Kier alpha value is -2.04. The average molecular weight is 249 g/mol. The lowest BCUT2D eigenvalue weighted by Crippen LogP contribution is -2.27. The van der Waals surface area contributed by atoms with Crippen molar-refractivity contribution in [2.24, 2.45) is 5.92 Å². The fraction of sp³-hybridized carbons (Fsp3) is 0.385. The van der Waals surface area contributed by atoms with Crippen LogP contribution in [0.15, 0.2) is 24.3 Å². The number of carboxylic acid groups (broad SMARTS) is 1. The largest absolute Gasteiger partial charge is 0.496 e. The molecule has 18 heavy (non-hydrogen) atoms. The lowest BCUT2D eigenvalue weighted by Gasteiger charge is -2.24. The summed E-state index contributed by atoms with van der Waals surface area (Å²) in [5, 5.41) is 9.22. The summed E-state index contributed by atoms with van der Waals surface area (Å²) in [4.78, 5) is 24.4. The van der Waals surface area contributed by atoms with Gasteiger partial charge in [0.05, 0.1) is 19.1 Å². The maximum atomic E-state index is 11.7. The van der Waals surface area contributed by atoms with E-state index in [9.17, 15) is 14.7 Å². The molecular formula is C13H15NO4. The molecule has 0 aliphatic carbocycles. The molecule has 2 atom stereocenters. The van der Waals surface area contributed by atoms with Crippen LogP contribution in [0.2, 0.25) is 0 Å². The molecule has 5 heteroatoms. The molecule has 0 radical (unpaired) electrons. The average Bonchev–Trinajstić information content (AvgIpc) is 2.66. The third kappa shape index (κ3) is 1.92. The molecule has 0 aromatic heterocycles. The Morgan fingerprint density at radius 2 is 2.11 bits per heavy atom. The second kappa shape index (κ2) is 4.68. The molecule has 1 amide bonds. The number of aliphatic carboxylic acids is 1. The third-order valence-corrected chi connectivity index (χ3v) is 3.36. The molecule has 5 nitrogen and oxygen atoms in total. The molecule has 0 bridgehead atoms. The van der Waals surface area contributed by atoms with E-state index in [1.54, 1.807) is 19.2 Å². The molecule has 1 N–H and O–H groups in total. The number of ether oxygens (including phenoxy) is 1. The van der Waals surface area contributed by atoms with E-state index in [2.05, 4.69) is 0 Å². The quantitative estimate of drug-likeness (QED) is 0.876. The van der Waals surface area contributed by atoms with E-state index in [1.807, 2.05) is 12.1 Å². The Bertz CT molecular complexity index is 486. The summed E-state index contributed by atoms with van der Waals surface area (Å²) < 4.78 is 5.24. The third-order valence-electron chi connectivity index (χ3n) is 3.36. The van der Waals surface area contributed by atoms with Crippen molar-refractivity contribution >= 4 is 11.9 Å². The van der Waals surface area contributed by atoms with E-state index in [0.717, 1.165) is 5.56 Å². The first kappa shape index (κ1) is 12.4. The Kier molecular flexibility index (Phi) is 3.23. The normalized spacial score (nSPS) is 23.2. The molecule has 0 saturated carbocycles. The summed E-state index contributed by atoms with van der Waals surface area (Å²) in [6.07, 6.45) is 0.0363. The topological polar surface area (TPSA) is 66.8 Å². The van der Waals surface area contributed by atoms with Crippen LogP contribution in [-0.4, -0.2) is 36.0 Å². The van der Waals surface area contributed by atoms with Crippen molar-refractivity contribution < 1.29 is 19.4 Å². The van der Waals surface area contributed by atoms with E-state index in [1.165, 1.54) is 12.0 Å². The Balaban J connectivity index is 2.46. The van der Waals surface area contributed by atoms with Gasteiger partial charge in [-0.3, -0.25) is 9.59 Å². The van der Waals surface area contributed by atoms with Crippen LogP contribution in [0.4, 0.5) is 0 Å². The number of nitrogens with zero attached hydrogens (tertiary/aromatic N) is 1. The van der Waals surface area contributed by atoms with Crippen LogP contribution in [0.25, 0.3) is 0 Å². The van der Waals surface area contributed by atoms with Crippen LogP contribution in [0.3, 0.4) is 0 Å². The fourth-order valence-electron chi connectivity index (χ4n) is 2.43. The highest BCUT2D eigenvalue weighted by Gasteiger charge is 2.43. The van der Waals surface area contributed by atoms with E-state index >= 15 is 0 Å². The van der Waals surface area contributed by atoms with Crippen LogP contribution in [-0.2, 0) is 9.59 Å². The van der Waals surface area contributed by atoms with Crippen LogP contribution in [0, 0.1) is 5.92 Å². The van der Waals surface area contributed by atoms with Crippen LogP contribution < -0.4 is 4.74 Å². The van der Waals surface area contributed by atoms with Crippen molar-refractivity contribution in [2.75, 3.05) is 14.2 Å². The van der Waals surface area contributed by atoms with Crippen molar-refractivity contribution in [3.8, 4) is 5.75 Å². The standard InChI is InChI=1S/C13H15NO4/c1-14-11(15)7-9(13(16)17)12(14)8-5-3-4-6-10(8)18-2/h3-6,9,12H,7H2,1-2H3,(H,16,17)/t9-,12+/m1/s1. The molecule has 2 rings (SSSR count). The van der Waals surface area contributed by atoms with Crippen molar-refractivity contribution in [1.29, 1.82) is 0 Å². The van der Waals surface area contributed by atoms with Gasteiger partial charge in [-0.15, -0.1) is 0 Å². The van der Waals surface area contributed by atoms with Gasteiger partial charge < -0.3 is 14.7 Å². The number of hydrogen-bond acceptors (Lipinski definition) is 3. The van der Waals surface area contributed by atoms with Gasteiger partial charge in [-0.05, 0) is 6.07 Å². The van der Waals surface area contributed by atoms with Gasteiger partial charge in [-0.2, -0.15) is 0 Å². The van der Waals surface area contributed by atoms with Crippen molar-refractivity contribution in [3.05, 3.63) is 29.8 Å². The number of carbonyl (C=O) groups excluding carboxylic acids is 1. The maximum Gasteiger partial charge on any atom is 0.309 e. The highest BCUT2D eigenvalue weighted by Crippen LogP contribution is 2.40. The molecule has 1 aromatic carbocycles. The minimum atomic E-state index is -0.955. The summed E-state index contributed by atoms with van der Waals surface area (Å²) in [7, 11) is 3.16. The minimum absolute atomic E-state index is 0.0363. The van der Waals surface area contributed by atoms with E-state index in [0.29, 0.717) is 5.75 Å². The van der Waals surface area contributed by atoms with E-state index < -0.39 is 17.9 Å². The highest BCUT2D eigenvalue weighted by atomic mass is 16.5. The molecule has 96 valence electrons.